The lowest BCUT2D eigenvalue weighted by molar-refractivity contribution is 0.233. The van der Waals surface area contributed by atoms with E-state index in [1.807, 2.05) is 65.4 Å². The van der Waals surface area contributed by atoms with Gasteiger partial charge in [-0.05, 0) is 24.3 Å². The fourth-order valence-electron chi connectivity index (χ4n) is 2.62. The Morgan fingerprint density at radius 3 is 2.05 bits per heavy atom. The smallest absolute Gasteiger partial charge is 0.155 e. The highest BCUT2D eigenvalue weighted by Gasteiger charge is 2.11. The summed E-state index contributed by atoms with van der Waals surface area (Å²) in [7, 11) is 0. The minimum atomic E-state index is 0.820. The average Bonchev–Trinajstić information content (AvgIpc) is 2.95. The van der Waals surface area contributed by atoms with Crippen molar-refractivity contribution >= 4 is 10.9 Å². The summed E-state index contributed by atoms with van der Waals surface area (Å²) in [4.78, 5) is 6.13. The molecule has 0 atom stereocenters. The van der Waals surface area contributed by atoms with Gasteiger partial charge in [-0.15, -0.1) is 0 Å². The van der Waals surface area contributed by atoms with Gasteiger partial charge >= 0.3 is 0 Å². The Hall–Kier alpha value is -3.00. The van der Waals surface area contributed by atoms with Crippen LogP contribution in [0.25, 0.3) is 22.2 Å². The number of hydrogen-bond donors (Lipinski definition) is 0. The number of hydrogen-bond acceptors (Lipinski definition) is 1. The van der Waals surface area contributed by atoms with Crippen molar-refractivity contribution in [3.8, 4) is 17.0 Å². The van der Waals surface area contributed by atoms with Crippen molar-refractivity contribution < 1.29 is 4.84 Å². The van der Waals surface area contributed by atoms with Crippen molar-refractivity contribution in [2.24, 2.45) is 0 Å². The Bertz CT molecular complexity index is 895. The zero-order valence-electron chi connectivity index (χ0n) is 12.0. The van der Waals surface area contributed by atoms with Crippen molar-refractivity contribution in [2.45, 2.75) is 0 Å². The summed E-state index contributed by atoms with van der Waals surface area (Å²) >= 11 is 0. The van der Waals surface area contributed by atoms with E-state index in [1.54, 1.807) is 0 Å². The van der Waals surface area contributed by atoms with E-state index in [1.165, 1.54) is 0 Å². The minimum Gasteiger partial charge on any atom is -0.375 e. The molecule has 106 valence electrons. The molecule has 22 heavy (non-hydrogen) atoms. The molecule has 0 amide bonds. The molecule has 4 aromatic rings. The maximum atomic E-state index is 6.13. The molecule has 0 saturated carbocycles. The minimum absolute atomic E-state index is 0.820. The van der Waals surface area contributed by atoms with E-state index in [0.29, 0.717) is 0 Å². The molecule has 0 aliphatic carbocycles. The Morgan fingerprint density at radius 1 is 0.636 bits per heavy atom. The number of fused-ring (bicyclic) bond motifs is 1. The molecule has 4 rings (SSSR count). The predicted octanol–water partition coefficient (Wildman–Crippen LogP) is 5.15. The first kappa shape index (κ1) is 12.7. The van der Waals surface area contributed by atoms with Crippen LogP contribution in [0.5, 0.6) is 5.75 Å². The number of benzene rings is 3. The van der Waals surface area contributed by atoms with Crippen LogP contribution in [0.2, 0.25) is 0 Å². The van der Waals surface area contributed by atoms with Crippen LogP contribution in [0, 0.1) is 0 Å². The molecule has 0 bridgehead atoms. The highest BCUT2D eigenvalue weighted by molar-refractivity contribution is 5.86. The molecule has 1 aromatic heterocycles. The average molecular weight is 285 g/mol. The summed E-state index contributed by atoms with van der Waals surface area (Å²) < 4.78 is 1.90. The van der Waals surface area contributed by atoms with Crippen molar-refractivity contribution in [1.29, 1.82) is 0 Å². The molecular formula is C20H15NO. The van der Waals surface area contributed by atoms with Gasteiger partial charge in [-0.2, -0.15) is 4.73 Å². The number of nitrogens with zero attached hydrogens (tertiary/aromatic N) is 1. The molecule has 2 nitrogen and oxygen atoms in total. The number of rotatable bonds is 3. The molecule has 0 N–H and O–H groups in total. The summed E-state index contributed by atoms with van der Waals surface area (Å²) in [5.74, 6) is 0.820. The molecule has 1 heterocycles. The maximum Gasteiger partial charge on any atom is 0.155 e. The predicted molar refractivity (Wildman–Crippen MR) is 89.8 cm³/mol. The van der Waals surface area contributed by atoms with Gasteiger partial charge in [0.1, 0.15) is 0 Å². The summed E-state index contributed by atoms with van der Waals surface area (Å²) in [5.41, 5.74) is 3.24. The molecule has 0 saturated heterocycles. The van der Waals surface area contributed by atoms with E-state index in [0.717, 1.165) is 27.9 Å². The van der Waals surface area contributed by atoms with Gasteiger partial charge in [0, 0.05) is 10.9 Å². The SMILES string of the molecule is c1ccc(On2c(-c3ccccc3)cc3ccccc32)cc1. The second kappa shape index (κ2) is 5.41. The number of aromatic nitrogens is 1. The molecule has 0 aliphatic heterocycles. The van der Waals surface area contributed by atoms with Gasteiger partial charge in [-0.25, -0.2) is 0 Å². The monoisotopic (exact) mass is 285 g/mol. The summed E-state index contributed by atoms with van der Waals surface area (Å²) in [6.07, 6.45) is 0. The van der Waals surface area contributed by atoms with Crippen LogP contribution in [0.15, 0.2) is 91.0 Å². The van der Waals surface area contributed by atoms with Crippen LogP contribution < -0.4 is 4.84 Å². The summed E-state index contributed by atoms with van der Waals surface area (Å²) in [5, 5.41) is 1.16. The molecule has 0 fully saturated rings. The number of para-hydroxylation sites is 2. The quantitative estimate of drug-likeness (QED) is 0.507. The molecule has 2 heteroatoms. The van der Waals surface area contributed by atoms with Gasteiger partial charge < -0.3 is 4.84 Å². The van der Waals surface area contributed by atoms with Crippen LogP contribution in [0.1, 0.15) is 0 Å². The van der Waals surface area contributed by atoms with Crippen molar-refractivity contribution in [1.82, 2.24) is 4.73 Å². The van der Waals surface area contributed by atoms with Crippen molar-refractivity contribution in [3.63, 3.8) is 0 Å². The van der Waals surface area contributed by atoms with Crippen LogP contribution >= 0.6 is 0 Å². The lowest BCUT2D eigenvalue weighted by Crippen LogP contribution is -2.06. The Labute approximate surface area is 129 Å². The molecule has 3 aromatic carbocycles. The third kappa shape index (κ3) is 2.25. The zero-order valence-corrected chi connectivity index (χ0v) is 12.0. The molecule has 0 unspecified atom stereocenters. The highest BCUT2D eigenvalue weighted by atomic mass is 16.7. The van der Waals surface area contributed by atoms with Gasteiger partial charge in [-0.3, -0.25) is 0 Å². The summed E-state index contributed by atoms with van der Waals surface area (Å²) in [6.45, 7) is 0. The highest BCUT2D eigenvalue weighted by Crippen LogP contribution is 2.28. The summed E-state index contributed by atoms with van der Waals surface area (Å²) in [6, 6.07) is 30.6. The normalized spacial score (nSPS) is 10.7. The van der Waals surface area contributed by atoms with Crippen molar-refractivity contribution in [2.75, 3.05) is 0 Å². The maximum absolute atomic E-state index is 6.13. The Kier molecular flexibility index (Phi) is 3.13. The van der Waals surface area contributed by atoms with Gasteiger partial charge in [-0.1, -0.05) is 66.7 Å². The fraction of sp³-hybridized carbons (Fsp3) is 0. The van der Waals surface area contributed by atoms with E-state index in [-0.39, 0.29) is 0 Å². The van der Waals surface area contributed by atoms with Crippen LogP contribution in [0.3, 0.4) is 0 Å². The second-order valence-corrected chi connectivity index (χ2v) is 5.15. The van der Waals surface area contributed by atoms with Gasteiger partial charge in [0.2, 0.25) is 0 Å². The first-order valence-electron chi connectivity index (χ1n) is 7.31. The van der Waals surface area contributed by atoms with Crippen molar-refractivity contribution in [3.05, 3.63) is 91.0 Å². The standard InChI is InChI=1S/C20H15NO/c1-3-9-16(10-4-1)20-15-17-11-7-8-14-19(17)21(20)22-18-12-5-2-6-13-18/h1-15H. The first-order chi connectivity index (χ1) is 10.9. The largest absolute Gasteiger partial charge is 0.375 e. The van der Waals surface area contributed by atoms with Crippen LogP contribution in [-0.4, -0.2) is 4.73 Å². The van der Waals surface area contributed by atoms with Gasteiger partial charge in [0.25, 0.3) is 0 Å². The second-order valence-electron chi connectivity index (χ2n) is 5.15. The van der Waals surface area contributed by atoms with E-state index in [2.05, 4.69) is 30.3 Å². The fourth-order valence-corrected chi connectivity index (χ4v) is 2.62. The van der Waals surface area contributed by atoms with E-state index in [9.17, 15) is 0 Å². The first-order valence-corrected chi connectivity index (χ1v) is 7.31. The Morgan fingerprint density at radius 2 is 1.27 bits per heavy atom. The molecular weight excluding hydrogens is 270 g/mol. The zero-order chi connectivity index (χ0) is 14.8. The van der Waals surface area contributed by atoms with E-state index in [4.69, 9.17) is 4.84 Å². The molecule has 0 radical (unpaired) electrons. The topological polar surface area (TPSA) is 14.2 Å². The third-order valence-corrected chi connectivity index (χ3v) is 3.68. The van der Waals surface area contributed by atoms with Gasteiger partial charge in [0.15, 0.2) is 5.75 Å². The van der Waals surface area contributed by atoms with E-state index >= 15 is 0 Å². The molecule has 0 spiro atoms. The van der Waals surface area contributed by atoms with E-state index < -0.39 is 0 Å². The van der Waals surface area contributed by atoms with Gasteiger partial charge in [0.05, 0.1) is 11.2 Å². The van der Waals surface area contributed by atoms with Crippen LogP contribution in [0.4, 0.5) is 0 Å². The Balaban J connectivity index is 1.91. The lowest BCUT2D eigenvalue weighted by Gasteiger charge is -2.12. The molecule has 0 aliphatic rings. The van der Waals surface area contributed by atoms with Crippen LogP contribution in [-0.2, 0) is 0 Å². The lowest BCUT2D eigenvalue weighted by atomic mass is 10.1. The third-order valence-electron chi connectivity index (χ3n) is 3.68.